The fraction of sp³-hybridized carbons (Fsp3) is 0.333. The zero-order valence-electron chi connectivity index (χ0n) is 12.0. The Morgan fingerprint density at radius 3 is 2.81 bits per heavy atom. The largest absolute Gasteiger partial charge is 0.349 e. The van der Waals surface area contributed by atoms with E-state index in [0.717, 1.165) is 5.56 Å². The second-order valence-corrected chi connectivity index (χ2v) is 7.08. The Balaban J connectivity index is 2.61. The van der Waals surface area contributed by atoms with Gasteiger partial charge in [-0.25, -0.2) is 8.42 Å². The van der Waals surface area contributed by atoms with Crippen LogP contribution in [0.1, 0.15) is 25.0 Å². The van der Waals surface area contributed by atoms with E-state index >= 15 is 0 Å². The van der Waals surface area contributed by atoms with Gasteiger partial charge in [-0.1, -0.05) is 19.1 Å². The Kier molecular flexibility index (Phi) is 6.12. The maximum Gasteiger partial charge on any atom is 0.244 e. The molecule has 0 aliphatic heterocycles. The van der Waals surface area contributed by atoms with Crippen LogP contribution < -0.4 is 5.32 Å². The van der Waals surface area contributed by atoms with Crippen LogP contribution in [0.15, 0.2) is 30.3 Å². The van der Waals surface area contributed by atoms with E-state index in [1.54, 1.807) is 44.2 Å². The molecule has 0 aliphatic rings. The molecule has 112 valence electrons. The second kappa shape index (κ2) is 7.60. The summed E-state index contributed by atoms with van der Waals surface area (Å²) < 4.78 is 22.9. The molecule has 0 radical (unpaired) electrons. The predicted octanol–water partition coefficient (Wildman–Crippen LogP) is 1.51. The topological polar surface area (TPSA) is 87.0 Å². The van der Waals surface area contributed by atoms with E-state index in [0.29, 0.717) is 5.56 Å². The van der Waals surface area contributed by atoms with Crippen molar-refractivity contribution in [2.24, 2.45) is 0 Å². The van der Waals surface area contributed by atoms with Gasteiger partial charge in [-0.05, 0) is 30.7 Å². The third kappa shape index (κ3) is 6.23. The molecule has 0 aromatic heterocycles. The maximum atomic E-state index is 11.7. The van der Waals surface area contributed by atoms with E-state index in [9.17, 15) is 13.2 Å². The second-order valence-electron chi connectivity index (χ2n) is 4.68. The summed E-state index contributed by atoms with van der Waals surface area (Å²) in [4.78, 5) is 11.7. The number of benzene rings is 1. The number of nitrogens with zero attached hydrogens (tertiary/aromatic N) is 1. The Morgan fingerprint density at radius 2 is 2.19 bits per heavy atom. The first kappa shape index (κ1) is 16.9. The Morgan fingerprint density at radius 1 is 1.48 bits per heavy atom. The molecule has 6 heteroatoms. The lowest BCUT2D eigenvalue weighted by atomic mass is 10.1. The molecule has 0 fully saturated rings. The van der Waals surface area contributed by atoms with Crippen molar-refractivity contribution in [1.82, 2.24) is 5.32 Å². The minimum atomic E-state index is -3.12. The molecule has 0 heterocycles. The van der Waals surface area contributed by atoms with E-state index in [4.69, 9.17) is 5.26 Å². The van der Waals surface area contributed by atoms with Crippen LogP contribution in [0.5, 0.6) is 0 Å². The number of sulfone groups is 1. The van der Waals surface area contributed by atoms with Gasteiger partial charge >= 0.3 is 0 Å². The van der Waals surface area contributed by atoms with Gasteiger partial charge in [0, 0.05) is 17.9 Å². The molecule has 1 N–H and O–H groups in total. The lowest BCUT2D eigenvalue weighted by Crippen LogP contribution is -2.37. The SMILES string of the molecule is CCS(=O)(=O)CC(C)NC(=O)/C=C/c1cccc(C#N)c1. The molecule has 1 atom stereocenters. The molecule has 1 rings (SSSR count). The van der Waals surface area contributed by atoms with Crippen molar-refractivity contribution in [2.45, 2.75) is 19.9 Å². The van der Waals surface area contributed by atoms with E-state index in [1.807, 2.05) is 6.07 Å². The zero-order valence-corrected chi connectivity index (χ0v) is 12.9. The number of hydrogen-bond acceptors (Lipinski definition) is 4. The van der Waals surface area contributed by atoms with Crippen molar-refractivity contribution in [3.63, 3.8) is 0 Å². The lowest BCUT2D eigenvalue weighted by molar-refractivity contribution is -0.116. The number of carbonyl (C=O) groups excluding carboxylic acids is 1. The number of hydrogen-bond donors (Lipinski definition) is 1. The third-order valence-corrected chi connectivity index (χ3v) is 4.66. The summed E-state index contributed by atoms with van der Waals surface area (Å²) in [6.07, 6.45) is 2.91. The van der Waals surface area contributed by atoms with Crippen LogP contribution in [0, 0.1) is 11.3 Å². The number of rotatable bonds is 6. The molecular weight excluding hydrogens is 288 g/mol. The molecule has 0 saturated heterocycles. The smallest absolute Gasteiger partial charge is 0.244 e. The van der Waals surface area contributed by atoms with Crippen molar-refractivity contribution in [3.8, 4) is 6.07 Å². The van der Waals surface area contributed by atoms with Crippen molar-refractivity contribution < 1.29 is 13.2 Å². The summed E-state index contributed by atoms with van der Waals surface area (Å²) in [6.45, 7) is 3.22. The molecule has 1 amide bonds. The summed E-state index contributed by atoms with van der Waals surface area (Å²) in [6, 6.07) is 8.41. The minimum Gasteiger partial charge on any atom is -0.349 e. The van der Waals surface area contributed by atoms with Crippen LogP contribution in [0.4, 0.5) is 0 Å². The summed E-state index contributed by atoms with van der Waals surface area (Å²) in [5.41, 5.74) is 1.25. The molecule has 1 unspecified atom stereocenters. The van der Waals surface area contributed by atoms with E-state index in [2.05, 4.69) is 5.32 Å². The molecule has 5 nitrogen and oxygen atoms in total. The van der Waals surface area contributed by atoms with Gasteiger partial charge in [-0.2, -0.15) is 5.26 Å². The highest BCUT2D eigenvalue weighted by molar-refractivity contribution is 7.91. The van der Waals surface area contributed by atoms with Crippen molar-refractivity contribution in [1.29, 1.82) is 5.26 Å². The normalized spacial score (nSPS) is 12.8. The summed E-state index contributed by atoms with van der Waals surface area (Å²) in [5, 5.41) is 11.4. The first-order valence-corrected chi connectivity index (χ1v) is 8.37. The van der Waals surface area contributed by atoms with Crippen LogP contribution in [0.3, 0.4) is 0 Å². The summed E-state index contributed by atoms with van der Waals surface area (Å²) in [5.74, 6) is -0.382. The average molecular weight is 306 g/mol. The van der Waals surface area contributed by atoms with E-state index in [-0.39, 0.29) is 17.4 Å². The van der Waals surface area contributed by atoms with Gasteiger partial charge in [-0.3, -0.25) is 4.79 Å². The van der Waals surface area contributed by atoms with Gasteiger partial charge in [0.2, 0.25) is 5.91 Å². The van der Waals surface area contributed by atoms with E-state index in [1.165, 1.54) is 6.08 Å². The van der Waals surface area contributed by atoms with Crippen LogP contribution in [0.2, 0.25) is 0 Å². The molecule has 0 bridgehead atoms. The van der Waals surface area contributed by atoms with Crippen molar-refractivity contribution in [3.05, 3.63) is 41.5 Å². The van der Waals surface area contributed by atoms with Crippen LogP contribution in [-0.2, 0) is 14.6 Å². The Bertz CT molecular complexity index is 672. The number of nitriles is 1. The van der Waals surface area contributed by atoms with Crippen molar-refractivity contribution in [2.75, 3.05) is 11.5 Å². The van der Waals surface area contributed by atoms with Gasteiger partial charge in [-0.15, -0.1) is 0 Å². The van der Waals surface area contributed by atoms with Crippen LogP contribution in [-0.4, -0.2) is 31.9 Å². The molecule has 1 aromatic rings. The molecule has 0 saturated carbocycles. The zero-order chi connectivity index (χ0) is 15.9. The summed E-state index contributed by atoms with van der Waals surface area (Å²) in [7, 11) is -3.12. The highest BCUT2D eigenvalue weighted by atomic mass is 32.2. The monoisotopic (exact) mass is 306 g/mol. The fourth-order valence-electron chi connectivity index (χ4n) is 1.72. The maximum absolute atomic E-state index is 11.7. The first-order valence-electron chi connectivity index (χ1n) is 6.55. The van der Waals surface area contributed by atoms with Gasteiger partial charge in [0.1, 0.15) is 0 Å². The van der Waals surface area contributed by atoms with Gasteiger partial charge in [0.15, 0.2) is 9.84 Å². The van der Waals surface area contributed by atoms with Crippen LogP contribution in [0.25, 0.3) is 6.08 Å². The minimum absolute atomic E-state index is 0.0595. The van der Waals surface area contributed by atoms with Gasteiger partial charge in [0.05, 0.1) is 17.4 Å². The number of nitrogens with one attached hydrogen (secondary N) is 1. The molecule has 21 heavy (non-hydrogen) atoms. The van der Waals surface area contributed by atoms with E-state index < -0.39 is 15.9 Å². The highest BCUT2D eigenvalue weighted by Gasteiger charge is 2.14. The molecule has 1 aromatic carbocycles. The lowest BCUT2D eigenvalue weighted by Gasteiger charge is -2.11. The average Bonchev–Trinajstić information content (AvgIpc) is 2.44. The van der Waals surface area contributed by atoms with Gasteiger partial charge in [0.25, 0.3) is 0 Å². The van der Waals surface area contributed by atoms with Crippen LogP contribution >= 0.6 is 0 Å². The standard InChI is InChI=1S/C15H18N2O3S/c1-3-21(19,20)11-12(2)17-15(18)8-7-13-5-4-6-14(9-13)10-16/h4-9,12H,3,11H2,1-2H3,(H,17,18)/b8-7+. The van der Waals surface area contributed by atoms with Gasteiger partial charge < -0.3 is 5.32 Å². The molecule has 0 aliphatic carbocycles. The number of amides is 1. The fourth-order valence-corrected chi connectivity index (χ4v) is 2.80. The third-order valence-electron chi connectivity index (χ3n) is 2.78. The first-order chi connectivity index (χ1) is 9.86. The Hall–Kier alpha value is -2.13. The van der Waals surface area contributed by atoms with Crippen molar-refractivity contribution >= 4 is 21.8 Å². The highest BCUT2D eigenvalue weighted by Crippen LogP contribution is 2.06. The molecular formula is C15H18N2O3S. The number of carbonyl (C=O) groups is 1. The quantitative estimate of drug-likeness (QED) is 0.807. The predicted molar refractivity (Wildman–Crippen MR) is 82.1 cm³/mol. The Labute approximate surface area is 125 Å². The molecule has 0 spiro atoms. The summed E-state index contributed by atoms with van der Waals surface area (Å²) >= 11 is 0.